The predicted molar refractivity (Wildman–Crippen MR) is 64.9 cm³/mol. The molecule has 0 spiro atoms. The summed E-state index contributed by atoms with van der Waals surface area (Å²) in [6.07, 6.45) is 7.07. The molecule has 1 aliphatic carbocycles. The van der Waals surface area contributed by atoms with Crippen LogP contribution in [0.5, 0.6) is 0 Å². The van der Waals surface area contributed by atoms with Crippen molar-refractivity contribution < 1.29 is 5.21 Å². The van der Waals surface area contributed by atoms with E-state index in [9.17, 15) is 0 Å². The topological polar surface area (TPSA) is 71.5 Å². The molecule has 0 saturated heterocycles. The average molecular weight is 237 g/mol. The van der Waals surface area contributed by atoms with Crippen LogP contribution in [0, 0.1) is 0 Å². The highest BCUT2D eigenvalue weighted by Crippen LogP contribution is 2.34. The molecule has 0 aliphatic heterocycles. The molecule has 1 saturated carbocycles. The van der Waals surface area contributed by atoms with Crippen LogP contribution in [0.25, 0.3) is 0 Å². The number of hydrogen-bond acceptors (Lipinski definition) is 4. The Kier molecular flexibility index (Phi) is 3.66. The molecule has 0 amide bonds. The second kappa shape index (κ2) is 5.21. The molecule has 0 unspecified atom stereocenters. The minimum absolute atomic E-state index is 0.0532. The summed E-state index contributed by atoms with van der Waals surface area (Å²) in [6, 6.07) is 3.76. The molecule has 0 bridgehead atoms. The predicted octanol–water partition coefficient (Wildman–Crippen LogP) is 2.21. The van der Waals surface area contributed by atoms with Gasteiger partial charge in [0.1, 0.15) is 5.69 Å². The minimum Gasteiger partial charge on any atom is -0.409 e. The van der Waals surface area contributed by atoms with Gasteiger partial charge in [0.2, 0.25) is 0 Å². The maximum absolute atomic E-state index is 8.51. The second-order valence-electron chi connectivity index (χ2n) is 3.89. The lowest BCUT2D eigenvalue weighted by Gasteiger charge is -2.08. The Morgan fingerprint density at radius 2 is 2.19 bits per heavy atom. The fraction of sp³-hybridized carbons (Fsp3) is 0.455. The van der Waals surface area contributed by atoms with Gasteiger partial charge in [-0.2, -0.15) is 0 Å². The first kappa shape index (κ1) is 11.3. The van der Waals surface area contributed by atoms with E-state index in [-0.39, 0.29) is 5.84 Å². The molecule has 2 rings (SSSR count). The Balaban J connectivity index is 2.01. The van der Waals surface area contributed by atoms with E-state index in [1.54, 1.807) is 12.3 Å². The second-order valence-corrected chi connectivity index (χ2v) is 5.26. The number of pyridine rings is 1. The van der Waals surface area contributed by atoms with Crippen LogP contribution in [-0.4, -0.2) is 21.3 Å². The van der Waals surface area contributed by atoms with Crippen LogP contribution < -0.4 is 5.73 Å². The van der Waals surface area contributed by atoms with Gasteiger partial charge in [-0.15, -0.1) is 11.8 Å². The summed E-state index contributed by atoms with van der Waals surface area (Å²) in [4.78, 5) is 5.31. The summed E-state index contributed by atoms with van der Waals surface area (Å²) in [5, 5.41) is 12.2. The maximum Gasteiger partial charge on any atom is 0.188 e. The monoisotopic (exact) mass is 237 g/mol. The van der Waals surface area contributed by atoms with E-state index in [0.29, 0.717) is 5.69 Å². The van der Waals surface area contributed by atoms with Crippen molar-refractivity contribution >= 4 is 17.6 Å². The standard InChI is InChI=1S/C11H15N3OS/c12-11(14-15)10-6-5-9(7-13-10)16-8-3-1-2-4-8/h5-8,15H,1-4H2,(H2,12,14). The summed E-state index contributed by atoms with van der Waals surface area (Å²) >= 11 is 1.87. The van der Waals surface area contributed by atoms with Gasteiger partial charge in [-0.25, -0.2) is 0 Å². The number of amidine groups is 1. The summed E-state index contributed by atoms with van der Waals surface area (Å²) in [5.74, 6) is 0.0532. The summed E-state index contributed by atoms with van der Waals surface area (Å²) in [5.41, 5.74) is 5.95. The smallest absolute Gasteiger partial charge is 0.188 e. The zero-order chi connectivity index (χ0) is 11.4. The van der Waals surface area contributed by atoms with Gasteiger partial charge in [0.05, 0.1) is 0 Å². The third-order valence-electron chi connectivity index (χ3n) is 2.71. The number of aromatic nitrogens is 1. The van der Waals surface area contributed by atoms with Crippen molar-refractivity contribution in [2.75, 3.05) is 0 Å². The molecule has 86 valence electrons. The average Bonchev–Trinajstić information content (AvgIpc) is 2.82. The Morgan fingerprint density at radius 1 is 1.44 bits per heavy atom. The maximum atomic E-state index is 8.51. The van der Waals surface area contributed by atoms with Crippen molar-refractivity contribution in [3.05, 3.63) is 24.0 Å². The van der Waals surface area contributed by atoms with Crippen molar-refractivity contribution in [3.63, 3.8) is 0 Å². The lowest BCUT2D eigenvalue weighted by molar-refractivity contribution is 0.318. The fourth-order valence-corrected chi connectivity index (χ4v) is 3.07. The Labute approximate surface area is 98.9 Å². The molecule has 1 aromatic rings. The molecule has 1 fully saturated rings. The van der Waals surface area contributed by atoms with Crippen LogP contribution in [0.3, 0.4) is 0 Å². The van der Waals surface area contributed by atoms with Crippen LogP contribution in [0.15, 0.2) is 28.4 Å². The van der Waals surface area contributed by atoms with Crippen LogP contribution in [0.2, 0.25) is 0 Å². The zero-order valence-electron chi connectivity index (χ0n) is 8.97. The van der Waals surface area contributed by atoms with Crippen LogP contribution in [-0.2, 0) is 0 Å². The largest absolute Gasteiger partial charge is 0.409 e. The molecule has 1 aromatic heterocycles. The fourth-order valence-electron chi connectivity index (χ4n) is 1.85. The first-order valence-corrected chi connectivity index (χ1v) is 6.28. The van der Waals surface area contributed by atoms with Gasteiger partial charge in [0, 0.05) is 16.3 Å². The van der Waals surface area contributed by atoms with Gasteiger partial charge in [-0.3, -0.25) is 4.98 Å². The van der Waals surface area contributed by atoms with Crippen molar-refractivity contribution in [1.82, 2.24) is 4.98 Å². The van der Waals surface area contributed by atoms with Crippen LogP contribution in [0.4, 0.5) is 0 Å². The summed E-state index contributed by atoms with van der Waals surface area (Å²) < 4.78 is 0. The summed E-state index contributed by atoms with van der Waals surface area (Å²) in [6.45, 7) is 0. The van der Waals surface area contributed by atoms with Gasteiger partial charge >= 0.3 is 0 Å². The van der Waals surface area contributed by atoms with E-state index < -0.39 is 0 Å². The molecule has 1 heterocycles. The van der Waals surface area contributed by atoms with Crippen molar-refractivity contribution in [3.8, 4) is 0 Å². The SMILES string of the molecule is N/C(=N/O)c1ccc(SC2CCCC2)cn1. The van der Waals surface area contributed by atoms with Gasteiger partial charge in [0.25, 0.3) is 0 Å². The van der Waals surface area contributed by atoms with E-state index in [1.807, 2.05) is 17.8 Å². The quantitative estimate of drug-likeness (QED) is 0.366. The lowest BCUT2D eigenvalue weighted by atomic mass is 10.3. The lowest BCUT2D eigenvalue weighted by Crippen LogP contribution is -2.14. The number of thioether (sulfide) groups is 1. The van der Waals surface area contributed by atoms with E-state index in [4.69, 9.17) is 10.9 Å². The highest BCUT2D eigenvalue weighted by molar-refractivity contribution is 8.00. The number of nitrogens with zero attached hydrogens (tertiary/aromatic N) is 2. The number of hydrogen-bond donors (Lipinski definition) is 2. The minimum atomic E-state index is 0.0532. The van der Waals surface area contributed by atoms with Crippen molar-refractivity contribution in [2.24, 2.45) is 10.9 Å². The molecule has 1 aliphatic rings. The first-order valence-electron chi connectivity index (χ1n) is 5.40. The first-order chi connectivity index (χ1) is 7.79. The van der Waals surface area contributed by atoms with E-state index >= 15 is 0 Å². The number of rotatable bonds is 3. The van der Waals surface area contributed by atoms with Gasteiger partial charge in [-0.1, -0.05) is 18.0 Å². The third kappa shape index (κ3) is 2.66. The zero-order valence-corrected chi connectivity index (χ0v) is 9.78. The third-order valence-corrected chi connectivity index (χ3v) is 4.03. The van der Waals surface area contributed by atoms with E-state index in [2.05, 4.69) is 10.1 Å². The molecule has 3 N–H and O–H groups in total. The normalized spacial score (nSPS) is 17.9. The molecule has 16 heavy (non-hydrogen) atoms. The highest BCUT2D eigenvalue weighted by Gasteiger charge is 2.16. The Bertz CT molecular complexity index is 371. The van der Waals surface area contributed by atoms with Gasteiger partial charge in [0.15, 0.2) is 5.84 Å². The summed E-state index contributed by atoms with van der Waals surface area (Å²) in [7, 11) is 0. The van der Waals surface area contributed by atoms with Gasteiger partial charge < -0.3 is 10.9 Å². The van der Waals surface area contributed by atoms with Gasteiger partial charge in [-0.05, 0) is 25.0 Å². The van der Waals surface area contributed by atoms with Crippen LogP contribution in [0.1, 0.15) is 31.4 Å². The molecule has 4 nitrogen and oxygen atoms in total. The highest BCUT2D eigenvalue weighted by atomic mass is 32.2. The van der Waals surface area contributed by atoms with Crippen molar-refractivity contribution in [2.45, 2.75) is 35.8 Å². The van der Waals surface area contributed by atoms with E-state index in [1.165, 1.54) is 25.7 Å². The number of oxime groups is 1. The molecular weight excluding hydrogens is 222 g/mol. The van der Waals surface area contributed by atoms with Crippen molar-refractivity contribution in [1.29, 1.82) is 0 Å². The van der Waals surface area contributed by atoms with Crippen LogP contribution >= 0.6 is 11.8 Å². The number of nitrogens with two attached hydrogens (primary N) is 1. The Morgan fingerprint density at radius 3 is 2.75 bits per heavy atom. The molecule has 0 aromatic carbocycles. The Hall–Kier alpha value is -1.23. The molecular formula is C11H15N3OS. The molecule has 0 atom stereocenters. The van der Waals surface area contributed by atoms with E-state index in [0.717, 1.165) is 10.1 Å². The molecule has 0 radical (unpaired) electrons. The molecule has 5 heteroatoms.